The third-order valence-electron chi connectivity index (χ3n) is 6.14. The van der Waals surface area contributed by atoms with Crippen molar-refractivity contribution in [2.75, 3.05) is 18.0 Å². The molecular formula is C31H36N4. The van der Waals surface area contributed by atoms with E-state index in [9.17, 15) is 0 Å². The maximum atomic E-state index is 5.04. The summed E-state index contributed by atoms with van der Waals surface area (Å²) in [4.78, 5) is 17.0. The lowest BCUT2D eigenvalue weighted by Gasteiger charge is -2.23. The van der Waals surface area contributed by atoms with Crippen molar-refractivity contribution in [3.05, 3.63) is 84.6 Å². The molecule has 3 aromatic heterocycles. The van der Waals surface area contributed by atoms with Crippen molar-refractivity contribution in [2.24, 2.45) is 0 Å². The molecule has 4 rings (SSSR count). The molecule has 0 radical (unpaired) electrons. The van der Waals surface area contributed by atoms with Gasteiger partial charge in [-0.15, -0.1) is 0 Å². The first-order valence-corrected chi connectivity index (χ1v) is 12.7. The van der Waals surface area contributed by atoms with Crippen LogP contribution in [0.4, 0.5) is 5.82 Å². The number of hydrogen-bond donors (Lipinski definition) is 0. The Morgan fingerprint density at radius 2 is 1.31 bits per heavy atom. The summed E-state index contributed by atoms with van der Waals surface area (Å²) >= 11 is 0. The number of nitrogens with zero attached hydrogens (tertiary/aromatic N) is 4. The molecule has 1 aromatic carbocycles. The molecule has 0 amide bonds. The Kier molecular flexibility index (Phi) is 7.60. The fourth-order valence-corrected chi connectivity index (χ4v) is 4.26. The third kappa shape index (κ3) is 5.94. The lowest BCUT2D eigenvalue weighted by atomic mass is 9.86. The number of hydrogen-bond acceptors (Lipinski definition) is 4. The lowest BCUT2D eigenvalue weighted by Crippen LogP contribution is -2.25. The van der Waals surface area contributed by atoms with Crippen molar-refractivity contribution in [2.45, 2.75) is 52.9 Å². The van der Waals surface area contributed by atoms with Gasteiger partial charge in [0.15, 0.2) is 0 Å². The quantitative estimate of drug-likeness (QED) is 0.267. The van der Waals surface area contributed by atoms with Crippen LogP contribution in [0.5, 0.6) is 0 Å². The molecule has 4 nitrogen and oxygen atoms in total. The number of benzene rings is 1. The van der Waals surface area contributed by atoms with Gasteiger partial charge in [0.05, 0.1) is 22.8 Å². The zero-order valence-corrected chi connectivity index (χ0v) is 21.6. The average molecular weight is 465 g/mol. The Hall–Kier alpha value is -3.53. The maximum absolute atomic E-state index is 5.04. The Balaban J connectivity index is 1.81. The Bertz CT molecular complexity index is 1240. The van der Waals surface area contributed by atoms with Gasteiger partial charge in [-0.3, -0.25) is 4.98 Å². The van der Waals surface area contributed by atoms with E-state index in [4.69, 9.17) is 9.97 Å². The van der Waals surface area contributed by atoms with Crippen LogP contribution < -0.4 is 4.90 Å². The topological polar surface area (TPSA) is 41.9 Å². The van der Waals surface area contributed by atoms with Gasteiger partial charge in [-0.2, -0.15) is 0 Å². The van der Waals surface area contributed by atoms with E-state index in [2.05, 4.69) is 99.1 Å². The summed E-state index contributed by atoms with van der Waals surface area (Å²) in [7, 11) is 0. The average Bonchev–Trinajstić information content (AvgIpc) is 2.88. The number of anilines is 1. The van der Waals surface area contributed by atoms with Crippen LogP contribution in [0.25, 0.3) is 33.9 Å². The molecule has 0 bridgehead atoms. The predicted molar refractivity (Wildman–Crippen MR) is 148 cm³/mol. The molecular weight excluding hydrogens is 428 g/mol. The first-order valence-electron chi connectivity index (χ1n) is 12.7. The Morgan fingerprint density at radius 3 is 1.91 bits per heavy atom. The minimum absolute atomic E-state index is 0.119. The highest BCUT2D eigenvalue weighted by Gasteiger charge is 2.15. The SMILES string of the molecule is CCCN(CCC)c1cccc(-c2cc(-c3ccc(C(C)(C)C)cc3)cc(-c3ccccn3)n2)n1. The van der Waals surface area contributed by atoms with Gasteiger partial charge < -0.3 is 4.90 Å². The van der Waals surface area contributed by atoms with Gasteiger partial charge in [0.2, 0.25) is 0 Å². The van der Waals surface area contributed by atoms with E-state index in [0.717, 1.165) is 65.7 Å². The smallest absolute Gasteiger partial charge is 0.129 e. The standard InChI is InChI=1S/C31H36N4/c1-6-19-35(20-7-2)30-13-10-12-27(34-30)29-22-24(21-28(33-29)26-11-8-9-18-32-26)23-14-16-25(17-15-23)31(3,4)5/h8-18,21-22H,6-7,19-20H2,1-5H3. The summed E-state index contributed by atoms with van der Waals surface area (Å²) < 4.78 is 0. The second kappa shape index (κ2) is 10.8. The largest absolute Gasteiger partial charge is 0.357 e. The molecule has 0 N–H and O–H groups in total. The van der Waals surface area contributed by atoms with Crippen LogP contribution in [0.1, 0.15) is 53.0 Å². The second-order valence-corrected chi connectivity index (χ2v) is 10.0. The molecule has 0 spiro atoms. The molecule has 4 heteroatoms. The van der Waals surface area contributed by atoms with Crippen LogP contribution in [0.15, 0.2) is 79.0 Å². The molecule has 0 aliphatic heterocycles. The first-order chi connectivity index (χ1) is 16.9. The van der Waals surface area contributed by atoms with Gasteiger partial charge in [-0.25, -0.2) is 9.97 Å². The molecule has 0 saturated heterocycles. The maximum Gasteiger partial charge on any atom is 0.129 e. The molecule has 35 heavy (non-hydrogen) atoms. The van der Waals surface area contributed by atoms with Gasteiger partial charge in [-0.05, 0) is 71.3 Å². The van der Waals surface area contributed by atoms with E-state index in [1.54, 1.807) is 0 Å². The highest BCUT2D eigenvalue weighted by Crippen LogP contribution is 2.31. The fourth-order valence-electron chi connectivity index (χ4n) is 4.26. The van der Waals surface area contributed by atoms with Crippen LogP contribution >= 0.6 is 0 Å². The summed E-state index contributed by atoms with van der Waals surface area (Å²) in [5.41, 5.74) is 7.16. The van der Waals surface area contributed by atoms with Gasteiger partial charge in [0, 0.05) is 19.3 Å². The number of rotatable bonds is 8. The summed E-state index contributed by atoms with van der Waals surface area (Å²) in [6, 6.07) is 25.3. The molecule has 4 aromatic rings. The van der Waals surface area contributed by atoms with Crippen LogP contribution in [0.3, 0.4) is 0 Å². The van der Waals surface area contributed by atoms with Gasteiger partial charge >= 0.3 is 0 Å². The molecule has 0 saturated carbocycles. The van der Waals surface area contributed by atoms with Crippen LogP contribution in [0, 0.1) is 0 Å². The van der Waals surface area contributed by atoms with Crippen LogP contribution in [-0.4, -0.2) is 28.0 Å². The molecule has 3 heterocycles. The molecule has 0 unspecified atom stereocenters. The van der Waals surface area contributed by atoms with Gasteiger partial charge in [-0.1, -0.05) is 71.0 Å². The first kappa shape index (κ1) is 24.6. The van der Waals surface area contributed by atoms with E-state index in [0.29, 0.717) is 0 Å². The van der Waals surface area contributed by atoms with Crippen molar-refractivity contribution in [1.29, 1.82) is 0 Å². The summed E-state index contributed by atoms with van der Waals surface area (Å²) in [5.74, 6) is 1.01. The molecule has 0 fully saturated rings. The molecule has 180 valence electrons. The Labute approximate surface area is 210 Å². The zero-order chi connectivity index (χ0) is 24.8. The highest BCUT2D eigenvalue weighted by molar-refractivity contribution is 5.75. The van der Waals surface area contributed by atoms with Crippen molar-refractivity contribution in [3.8, 4) is 33.9 Å². The summed E-state index contributed by atoms with van der Waals surface area (Å²) in [6.45, 7) is 13.1. The zero-order valence-electron chi connectivity index (χ0n) is 21.6. The van der Waals surface area contributed by atoms with Crippen LogP contribution in [-0.2, 0) is 5.41 Å². The highest BCUT2D eigenvalue weighted by atomic mass is 15.2. The van der Waals surface area contributed by atoms with Crippen molar-refractivity contribution < 1.29 is 0 Å². The van der Waals surface area contributed by atoms with Gasteiger partial charge in [0.25, 0.3) is 0 Å². The van der Waals surface area contributed by atoms with Crippen LogP contribution in [0.2, 0.25) is 0 Å². The van der Waals surface area contributed by atoms with Crippen molar-refractivity contribution in [3.63, 3.8) is 0 Å². The van der Waals surface area contributed by atoms with Crippen molar-refractivity contribution in [1.82, 2.24) is 15.0 Å². The van der Waals surface area contributed by atoms with Gasteiger partial charge in [0.1, 0.15) is 5.82 Å². The second-order valence-electron chi connectivity index (χ2n) is 10.0. The Morgan fingerprint density at radius 1 is 0.657 bits per heavy atom. The van der Waals surface area contributed by atoms with E-state index in [1.807, 2.05) is 24.4 Å². The fraction of sp³-hybridized carbons (Fsp3) is 0.323. The lowest BCUT2D eigenvalue weighted by molar-refractivity contribution is 0.590. The van der Waals surface area contributed by atoms with Crippen molar-refractivity contribution >= 4 is 5.82 Å². The predicted octanol–water partition coefficient (Wildman–Crippen LogP) is 7.80. The number of pyridine rings is 3. The molecule has 0 aliphatic rings. The van der Waals surface area contributed by atoms with E-state index < -0.39 is 0 Å². The van der Waals surface area contributed by atoms with E-state index in [-0.39, 0.29) is 5.41 Å². The summed E-state index contributed by atoms with van der Waals surface area (Å²) in [5, 5.41) is 0. The number of aromatic nitrogens is 3. The van der Waals surface area contributed by atoms with E-state index >= 15 is 0 Å². The third-order valence-corrected chi connectivity index (χ3v) is 6.14. The molecule has 0 atom stereocenters. The minimum Gasteiger partial charge on any atom is -0.357 e. The normalized spacial score (nSPS) is 11.5. The van der Waals surface area contributed by atoms with E-state index in [1.165, 1.54) is 5.56 Å². The minimum atomic E-state index is 0.119. The monoisotopic (exact) mass is 464 g/mol. The summed E-state index contributed by atoms with van der Waals surface area (Å²) in [6.07, 6.45) is 4.00. The molecule has 0 aliphatic carbocycles.